The number of aliphatic hydroxyl groups is 1. The van der Waals surface area contributed by atoms with Crippen LogP contribution in [0, 0.1) is 0 Å². The van der Waals surface area contributed by atoms with Crippen LogP contribution in [0.25, 0.3) is 0 Å². The minimum Gasteiger partial charge on any atom is -0.387 e. The third-order valence-corrected chi connectivity index (χ3v) is 12.4. The Kier molecular flexibility index (Phi) is 17.9. The first-order valence-electron chi connectivity index (χ1n) is 23.0. The molecule has 0 saturated carbocycles. The largest absolute Gasteiger partial charge is 0.387 e. The second-order valence-electron chi connectivity index (χ2n) is 16.9. The number of aliphatic hydroxyl groups excluding tert-OH is 1. The highest BCUT2D eigenvalue weighted by molar-refractivity contribution is 5.21. The molecule has 1 N–H and O–H groups in total. The van der Waals surface area contributed by atoms with E-state index in [4.69, 9.17) is 47.4 Å². The Morgan fingerprint density at radius 1 is 0.433 bits per heavy atom. The fourth-order valence-corrected chi connectivity index (χ4v) is 8.97. The molecule has 67 heavy (non-hydrogen) atoms. The second kappa shape index (κ2) is 24.8. The van der Waals surface area contributed by atoms with Gasteiger partial charge >= 0.3 is 0 Å². The van der Waals surface area contributed by atoms with Crippen LogP contribution in [0.3, 0.4) is 0 Å². The molecule has 0 unspecified atom stereocenters. The van der Waals surface area contributed by atoms with Crippen LogP contribution in [0.15, 0.2) is 182 Å². The lowest BCUT2D eigenvalue weighted by Gasteiger charge is -2.59. The Balaban J connectivity index is 1.25. The van der Waals surface area contributed by atoms with Gasteiger partial charge in [0.05, 0.1) is 52.9 Å². The van der Waals surface area contributed by atoms with Crippen LogP contribution in [0.1, 0.15) is 33.4 Å². The molecular formula is C56H62O11. The fourth-order valence-electron chi connectivity index (χ4n) is 8.97. The van der Waals surface area contributed by atoms with Gasteiger partial charge in [-0.05, 0) is 33.4 Å². The topological polar surface area (TPSA) is 113 Å². The van der Waals surface area contributed by atoms with Crippen molar-refractivity contribution in [1.82, 2.24) is 0 Å². The summed E-state index contributed by atoms with van der Waals surface area (Å²) in [5.41, 5.74) is 4.09. The number of methoxy groups -OCH3 is 2. The van der Waals surface area contributed by atoms with Crippen molar-refractivity contribution in [2.75, 3.05) is 27.4 Å². The van der Waals surface area contributed by atoms with Crippen molar-refractivity contribution in [2.24, 2.45) is 0 Å². The molecule has 11 nitrogen and oxygen atoms in total. The molecule has 10 atom stereocenters. The van der Waals surface area contributed by atoms with Gasteiger partial charge < -0.3 is 52.5 Å². The number of ether oxygens (including phenoxy) is 10. The minimum absolute atomic E-state index is 0.0170. The van der Waals surface area contributed by atoms with Gasteiger partial charge in [-0.25, -0.2) is 0 Å². The van der Waals surface area contributed by atoms with E-state index in [0.29, 0.717) is 13.2 Å². The van der Waals surface area contributed by atoms with Crippen molar-refractivity contribution >= 4 is 0 Å². The van der Waals surface area contributed by atoms with Gasteiger partial charge in [-0.1, -0.05) is 182 Å². The summed E-state index contributed by atoms with van der Waals surface area (Å²) in [5.74, 6) is 0. The van der Waals surface area contributed by atoms with Gasteiger partial charge in [-0.3, -0.25) is 0 Å². The molecule has 2 heterocycles. The summed E-state index contributed by atoms with van der Waals surface area (Å²) in [7, 11) is 3.21. The standard InChI is InChI=1S/C56H62O11/c1-58-55-52(64-37-45-29-17-7-18-30-45)53(65-38-46-31-19-8-20-32-46)56(59-2,48(67-55)40-61-34-42-23-11-4-12-24-42)54-51(63-36-44-27-15-6-16-28-44)50(62-35-43-25-13-5-14-26-43)49(57)47(66-54)39-60-33-41-21-9-3-10-22-41/h3-32,47-55,57H,33-40H2,1-2H3/t47-,48-,49+,50+,51-,52-,53-,54-,55+,56-/m1/s1. The highest BCUT2D eigenvalue weighted by Gasteiger charge is 2.67. The highest BCUT2D eigenvalue weighted by Crippen LogP contribution is 2.46. The van der Waals surface area contributed by atoms with E-state index in [0.717, 1.165) is 33.4 Å². The number of benzene rings is 6. The first-order chi connectivity index (χ1) is 33.1. The maximum Gasteiger partial charge on any atom is 0.186 e. The molecule has 2 saturated heterocycles. The third-order valence-electron chi connectivity index (χ3n) is 12.4. The molecule has 352 valence electrons. The van der Waals surface area contributed by atoms with Gasteiger partial charge in [0, 0.05) is 14.2 Å². The zero-order valence-corrected chi connectivity index (χ0v) is 38.2. The Morgan fingerprint density at radius 2 is 0.806 bits per heavy atom. The predicted octanol–water partition coefficient (Wildman–Crippen LogP) is 8.65. The summed E-state index contributed by atoms with van der Waals surface area (Å²) in [6.45, 7) is 1.37. The average Bonchev–Trinajstić information content (AvgIpc) is 3.39. The summed E-state index contributed by atoms with van der Waals surface area (Å²) in [6.07, 6.45) is -8.87. The maximum absolute atomic E-state index is 12.6. The number of hydrogen-bond donors (Lipinski definition) is 1. The van der Waals surface area contributed by atoms with E-state index in [1.807, 2.05) is 182 Å². The van der Waals surface area contributed by atoms with Crippen LogP contribution in [-0.4, -0.2) is 93.3 Å². The van der Waals surface area contributed by atoms with Crippen LogP contribution in [0.5, 0.6) is 0 Å². The summed E-state index contributed by atoms with van der Waals surface area (Å²) in [4.78, 5) is 0. The first kappa shape index (κ1) is 48.3. The quantitative estimate of drug-likeness (QED) is 0.0667. The van der Waals surface area contributed by atoms with Crippen molar-refractivity contribution in [2.45, 2.75) is 100 Å². The molecule has 8 rings (SSSR count). The zero-order chi connectivity index (χ0) is 46.1. The molecule has 2 fully saturated rings. The van der Waals surface area contributed by atoms with E-state index in [1.165, 1.54) is 0 Å². The molecule has 0 radical (unpaired) electrons. The molecule has 6 aromatic carbocycles. The van der Waals surface area contributed by atoms with Crippen LogP contribution < -0.4 is 0 Å². The fraction of sp³-hybridized carbons (Fsp3) is 0.357. The van der Waals surface area contributed by atoms with Crippen LogP contribution in [0.4, 0.5) is 0 Å². The molecule has 2 aliphatic rings. The van der Waals surface area contributed by atoms with E-state index < -0.39 is 60.7 Å². The van der Waals surface area contributed by atoms with Gasteiger partial charge in [-0.15, -0.1) is 0 Å². The summed E-state index contributed by atoms with van der Waals surface area (Å²) in [6, 6.07) is 59.4. The van der Waals surface area contributed by atoms with Crippen LogP contribution in [-0.2, 0) is 87.0 Å². The average molecular weight is 911 g/mol. The smallest absolute Gasteiger partial charge is 0.186 e. The zero-order valence-electron chi connectivity index (χ0n) is 38.2. The van der Waals surface area contributed by atoms with E-state index in [1.54, 1.807) is 14.2 Å². The molecule has 6 aromatic rings. The van der Waals surface area contributed by atoms with Gasteiger partial charge in [0.25, 0.3) is 0 Å². The second-order valence-corrected chi connectivity index (χ2v) is 16.9. The predicted molar refractivity (Wildman–Crippen MR) is 252 cm³/mol. The highest BCUT2D eigenvalue weighted by atomic mass is 16.7. The van der Waals surface area contributed by atoms with Crippen molar-refractivity contribution in [3.8, 4) is 0 Å². The third kappa shape index (κ3) is 12.5. The Labute approximate surface area is 394 Å². The molecule has 11 heteroatoms. The van der Waals surface area contributed by atoms with E-state index in [9.17, 15) is 5.11 Å². The summed E-state index contributed by atoms with van der Waals surface area (Å²) in [5, 5.41) is 12.6. The lowest BCUT2D eigenvalue weighted by atomic mass is 9.74. The maximum atomic E-state index is 12.6. The molecule has 0 aliphatic carbocycles. The molecule has 0 bridgehead atoms. The van der Waals surface area contributed by atoms with E-state index in [2.05, 4.69) is 0 Å². The molecule has 0 amide bonds. The van der Waals surface area contributed by atoms with Gasteiger partial charge in [-0.2, -0.15) is 0 Å². The Bertz CT molecular complexity index is 2280. The SMILES string of the molecule is CO[C@H]1O[C@H](COCc2ccccc2)[C@](OC)([C@@H]2O[C@H](COCc3ccccc3)[C@H](O)[C@H](OCc3ccccc3)[C@H]2OCc2ccccc2)[C@H](OCc2ccccc2)[C@H]1OCc1ccccc1. The van der Waals surface area contributed by atoms with Crippen molar-refractivity contribution < 1.29 is 52.5 Å². The lowest BCUT2D eigenvalue weighted by Crippen LogP contribution is -2.78. The van der Waals surface area contributed by atoms with E-state index >= 15 is 0 Å². The molecule has 2 aliphatic heterocycles. The van der Waals surface area contributed by atoms with Gasteiger partial charge in [0.2, 0.25) is 0 Å². The first-order valence-corrected chi connectivity index (χ1v) is 23.0. The summed E-state index contributed by atoms with van der Waals surface area (Å²) >= 11 is 0. The molecule has 0 aromatic heterocycles. The van der Waals surface area contributed by atoms with Crippen molar-refractivity contribution in [3.63, 3.8) is 0 Å². The normalized spacial score (nSPS) is 26.3. The summed E-state index contributed by atoms with van der Waals surface area (Å²) < 4.78 is 68.5. The molecule has 0 spiro atoms. The number of rotatable bonds is 23. The monoisotopic (exact) mass is 910 g/mol. The molecular weight excluding hydrogens is 849 g/mol. The van der Waals surface area contributed by atoms with Crippen molar-refractivity contribution in [3.05, 3.63) is 215 Å². The van der Waals surface area contributed by atoms with Gasteiger partial charge in [0.15, 0.2) is 11.9 Å². The van der Waals surface area contributed by atoms with E-state index in [-0.39, 0.29) is 39.6 Å². The number of hydrogen-bond acceptors (Lipinski definition) is 11. The van der Waals surface area contributed by atoms with Crippen molar-refractivity contribution in [1.29, 1.82) is 0 Å². The van der Waals surface area contributed by atoms with Gasteiger partial charge in [0.1, 0.15) is 48.8 Å². The minimum atomic E-state index is -1.59. The lowest BCUT2D eigenvalue weighted by molar-refractivity contribution is -0.391. The van der Waals surface area contributed by atoms with Crippen LogP contribution >= 0.6 is 0 Å². The Hall–Kier alpha value is -5.12. The van der Waals surface area contributed by atoms with Crippen LogP contribution in [0.2, 0.25) is 0 Å². The Morgan fingerprint density at radius 3 is 1.22 bits per heavy atom.